The molecule has 0 aromatic heterocycles. The van der Waals surface area contributed by atoms with Crippen LogP contribution in [-0.2, 0) is 9.59 Å². The summed E-state index contributed by atoms with van der Waals surface area (Å²) in [6.07, 6.45) is 0.0385. The third-order valence-electron chi connectivity index (χ3n) is 3.04. The quantitative estimate of drug-likeness (QED) is 0.760. The van der Waals surface area contributed by atoms with Crippen molar-refractivity contribution in [2.45, 2.75) is 38.6 Å². The Bertz CT molecular complexity index is 457. The molecule has 0 spiro atoms. The van der Waals surface area contributed by atoms with Gasteiger partial charge in [-0.2, -0.15) is 0 Å². The Morgan fingerprint density at radius 3 is 2.20 bits per heavy atom. The number of aliphatic carboxylic acids is 1. The summed E-state index contributed by atoms with van der Waals surface area (Å²) in [4.78, 5) is 22.5. The van der Waals surface area contributed by atoms with Crippen LogP contribution < -0.4 is 5.32 Å². The van der Waals surface area contributed by atoms with Crippen LogP contribution in [0.25, 0.3) is 0 Å². The average molecular weight is 298 g/mol. The van der Waals surface area contributed by atoms with Crippen molar-refractivity contribution < 1.29 is 14.7 Å². The van der Waals surface area contributed by atoms with E-state index in [1.54, 1.807) is 0 Å². The van der Waals surface area contributed by atoms with E-state index in [4.69, 9.17) is 16.7 Å². The number of carbonyl (C=O) groups excluding carboxylic acids is 1. The van der Waals surface area contributed by atoms with Crippen molar-refractivity contribution in [1.29, 1.82) is 0 Å². The number of carbonyl (C=O) groups is 2. The van der Waals surface area contributed by atoms with Crippen LogP contribution in [0.5, 0.6) is 0 Å². The average Bonchev–Trinajstić information content (AvgIpc) is 2.38. The SMILES string of the molecule is CC(C)c1ccc(C(CC(=O)O)NC(=O)CCCl)cc1. The predicted molar refractivity (Wildman–Crippen MR) is 79.0 cm³/mol. The summed E-state index contributed by atoms with van der Waals surface area (Å²) in [6, 6.07) is 7.13. The molecule has 1 rings (SSSR count). The first kappa shape index (κ1) is 16.5. The smallest absolute Gasteiger partial charge is 0.305 e. The molecular formula is C15H20ClNO3. The maximum atomic E-state index is 11.6. The van der Waals surface area contributed by atoms with Crippen LogP contribution in [0.3, 0.4) is 0 Å². The van der Waals surface area contributed by atoms with Gasteiger partial charge in [-0.1, -0.05) is 38.1 Å². The van der Waals surface area contributed by atoms with Gasteiger partial charge < -0.3 is 10.4 Å². The molecule has 0 bridgehead atoms. The Labute approximate surface area is 124 Å². The maximum absolute atomic E-state index is 11.6. The van der Waals surface area contributed by atoms with Gasteiger partial charge in [-0.05, 0) is 17.0 Å². The molecule has 2 N–H and O–H groups in total. The fraction of sp³-hybridized carbons (Fsp3) is 0.467. The molecule has 0 radical (unpaired) electrons. The zero-order valence-electron chi connectivity index (χ0n) is 11.7. The van der Waals surface area contributed by atoms with E-state index >= 15 is 0 Å². The lowest BCUT2D eigenvalue weighted by Crippen LogP contribution is -2.30. The minimum atomic E-state index is -0.950. The van der Waals surface area contributed by atoms with Crippen LogP contribution >= 0.6 is 11.6 Å². The Kier molecular flexibility index (Phi) is 6.52. The van der Waals surface area contributed by atoms with Gasteiger partial charge in [-0.3, -0.25) is 9.59 Å². The maximum Gasteiger partial charge on any atom is 0.305 e. The standard InChI is InChI=1S/C15H20ClNO3/c1-10(2)11-3-5-12(6-4-11)13(9-15(19)20)17-14(18)7-8-16/h3-6,10,13H,7-9H2,1-2H3,(H,17,18)(H,19,20). The normalized spacial score (nSPS) is 12.2. The highest BCUT2D eigenvalue weighted by molar-refractivity contribution is 6.18. The van der Waals surface area contributed by atoms with Crippen molar-refractivity contribution in [3.63, 3.8) is 0 Å². The summed E-state index contributed by atoms with van der Waals surface area (Å²) in [5, 5.41) is 11.7. The van der Waals surface area contributed by atoms with Crippen LogP contribution in [0.4, 0.5) is 0 Å². The number of carboxylic acids is 1. The molecule has 1 unspecified atom stereocenters. The second-order valence-corrected chi connectivity index (χ2v) is 5.36. The van der Waals surface area contributed by atoms with Crippen LogP contribution in [0.15, 0.2) is 24.3 Å². The number of benzene rings is 1. The van der Waals surface area contributed by atoms with E-state index in [0.29, 0.717) is 5.92 Å². The molecular weight excluding hydrogens is 278 g/mol. The molecule has 110 valence electrons. The van der Waals surface area contributed by atoms with Crippen molar-refractivity contribution in [2.75, 3.05) is 5.88 Å². The van der Waals surface area contributed by atoms with Gasteiger partial charge in [0.2, 0.25) is 5.91 Å². The van der Waals surface area contributed by atoms with Crippen molar-refractivity contribution in [2.24, 2.45) is 0 Å². The van der Waals surface area contributed by atoms with Crippen LogP contribution in [0, 0.1) is 0 Å². The molecule has 0 saturated carbocycles. The molecule has 4 nitrogen and oxygen atoms in total. The van der Waals surface area contributed by atoms with E-state index in [9.17, 15) is 9.59 Å². The topological polar surface area (TPSA) is 66.4 Å². The lowest BCUT2D eigenvalue weighted by Gasteiger charge is -2.18. The summed E-state index contributed by atoms with van der Waals surface area (Å²) in [5.41, 5.74) is 1.97. The Balaban J connectivity index is 2.86. The summed E-state index contributed by atoms with van der Waals surface area (Å²) in [5.74, 6) is -0.557. The number of rotatable bonds is 7. The molecule has 0 heterocycles. The summed E-state index contributed by atoms with van der Waals surface area (Å²) in [6.45, 7) is 4.18. The van der Waals surface area contributed by atoms with Gasteiger partial charge in [0.1, 0.15) is 0 Å². The predicted octanol–water partition coefficient (Wildman–Crippen LogP) is 3.07. The minimum Gasteiger partial charge on any atom is -0.481 e. The largest absolute Gasteiger partial charge is 0.481 e. The van der Waals surface area contributed by atoms with E-state index in [1.165, 1.54) is 5.56 Å². The van der Waals surface area contributed by atoms with Gasteiger partial charge in [0.15, 0.2) is 0 Å². The van der Waals surface area contributed by atoms with Gasteiger partial charge in [-0.15, -0.1) is 11.6 Å². The first-order chi connectivity index (χ1) is 9.43. The molecule has 1 amide bonds. The molecule has 5 heteroatoms. The molecule has 1 aromatic carbocycles. The number of hydrogen-bond acceptors (Lipinski definition) is 2. The van der Waals surface area contributed by atoms with Crippen molar-refractivity contribution in [3.8, 4) is 0 Å². The van der Waals surface area contributed by atoms with E-state index in [1.807, 2.05) is 24.3 Å². The van der Waals surface area contributed by atoms with Gasteiger partial charge in [0.05, 0.1) is 12.5 Å². The molecule has 0 saturated heterocycles. The zero-order chi connectivity index (χ0) is 15.1. The number of amides is 1. The highest BCUT2D eigenvalue weighted by atomic mass is 35.5. The van der Waals surface area contributed by atoms with Crippen LogP contribution in [0.1, 0.15) is 49.8 Å². The molecule has 0 aliphatic heterocycles. The second-order valence-electron chi connectivity index (χ2n) is 4.98. The van der Waals surface area contributed by atoms with Crippen molar-refractivity contribution >= 4 is 23.5 Å². The highest BCUT2D eigenvalue weighted by Crippen LogP contribution is 2.21. The Hall–Kier alpha value is -1.55. The molecule has 0 aliphatic rings. The lowest BCUT2D eigenvalue weighted by atomic mass is 9.97. The highest BCUT2D eigenvalue weighted by Gasteiger charge is 2.18. The first-order valence-electron chi connectivity index (χ1n) is 6.61. The summed E-state index contributed by atoms with van der Waals surface area (Å²) < 4.78 is 0. The first-order valence-corrected chi connectivity index (χ1v) is 7.14. The van der Waals surface area contributed by atoms with Gasteiger partial charge in [0, 0.05) is 12.3 Å². The van der Waals surface area contributed by atoms with Crippen LogP contribution in [0.2, 0.25) is 0 Å². The Morgan fingerprint density at radius 1 is 1.20 bits per heavy atom. The van der Waals surface area contributed by atoms with Gasteiger partial charge in [-0.25, -0.2) is 0 Å². The number of nitrogens with one attached hydrogen (secondary N) is 1. The third-order valence-corrected chi connectivity index (χ3v) is 3.23. The fourth-order valence-electron chi connectivity index (χ4n) is 1.89. The summed E-state index contributed by atoms with van der Waals surface area (Å²) in [7, 11) is 0. The lowest BCUT2D eigenvalue weighted by molar-refractivity contribution is -0.137. The number of carboxylic acid groups (broad SMARTS) is 1. The zero-order valence-corrected chi connectivity index (χ0v) is 12.5. The second kappa shape index (κ2) is 7.90. The fourth-order valence-corrected chi connectivity index (χ4v) is 2.06. The number of hydrogen-bond donors (Lipinski definition) is 2. The molecule has 1 aromatic rings. The Morgan fingerprint density at radius 2 is 1.75 bits per heavy atom. The van der Waals surface area contributed by atoms with Crippen LogP contribution in [-0.4, -0.2) is 22.9 Å². The monoisotopic (exact) mass is 297 g/mol. The molecule has 0 aliphatic carbocycles. The van der Waals surface area contributed by atoms with Gasteiger partial charge in [0.25, 0.3) is 0 Å². The minimum absolute atomic E-state index is 0.144. The van der Waals surface area contributed by atoms with Gasteiger partial charge >= 0.3 is 5.97 Å². The number of halogens is 1. The molecule has 0 fully saturated rings. The van der Waals surface area contributed by atoms with Crippen molar-refractivity contribution in [3.05, 3.63) is 35.4 Å². The van der Waals surface area contributed by atoms with E-state index < -0.39 is 12.0 Å². The van der Waals surface area contributed by atoms with Crippen molar-refractivity contribution in [1.82, 2.24) is 5.32 Å². The molecule has 20 heavy (non-hydrogen) atoms. The van der Waals surface area contributed by atoms with E-state index in [2.05, 4.69) is 19.2 Å². The summed E-state index contributed by atoms with van der Waals surface area (Å²) >= 11 is 5.51. The number of alkyl halides is 1. The third kappa shape index (κ3) is 5.21. The van der Waals surface area contributed by atoms with E-state index in [0.717, 1.165) is 5.56 Å². The molecule has 1 atom stereocenters. The van der Waals surface area contributed by atoms with E-state index in [-0.39, 0.29) is 24.6 Å².